The van der Waals surface area contributed by atoms with Crippen LogP contribution >= 0.6 is 7.75 Å². The maximum atomic E-state index is 12.8. The number of anilines is 1. The van der Waals surface area contributed by atoms with E-state index in [4.69, 9.17) is 29.9 Å². The minimum Gasteiger partial charge on any atom is -0.766 e. The molecule has 0 bridgehead atoms. The van der Waals surface area contributed by atoms with Crippen molar-refractivity contribution in [3.8, 4) is 12.3 Å². The molecule has 2 unspecified atom stereocenters. The topological polar surface area (TPSA) is 170 Å². The summed E-state index contributed by atoms with van der Waals surface area (Å²) in [5.74, 6) is 2.30. The van der Waals surface area contributed by atoms with Crippen LogP contribution in [-0.4, -0.2) is 93.4 Å². The highest BCUT2D eigenvalue weighted by molar-refractivity contribution is 7.48. The molecule has 2 aromatic heterocycles. The predicted octanol–water partition coefficient (Wildman–Crippen LogP) is 1.44. The fourth-order valence-corrected chi connectivity index (χ4v) is 6.43. The van der Waals surface area contributed by atoms with E-state index in [0.717, 1.165) is 6.42 Å². The normalized spacial score (nSPS) is 30.1. The van der Waals surface area contributed by atoms with E-state index in [1.54, 1.807) is 24.7 Å². The van der Waals surface area contributed by atoms with Crippen molar-refractivity contribution in [1.29, 1.82) is 0 Å². The van der Waals surface area contributed by atoms with Crippen LogP contribution in [0.15, 0.2) is 22.9 Å². The number of nitrogens with zero attached hydrogens (tertiary/aromatic N) is 7. The summed E-state index contributed by atoms with van der Waals surface area (Å²) >= 11 is 0. The van der Waals surface area contributed by atoms with Crippen LogP contribution in [0.25, 0.3) is 11.2 Å². The van der Waals surface area contributed by atoms with E-state index in [-0.39, 0.29) is 19.7 Å². The SMILES string of the molecule is C#CCCC1(CCNc2ncnc3c2ncn3[C@H]2O[C@@H](COP(=O)([O-])N3CCOCC3)C3OC(C)(C)O[C@H]32)N=N1. The Labute approximate surface area is 231 Å². The second-order valence-electron chi connectivity index (χ2n) is 10.6. The minimum atomic E-state index is -4.28. The number of rotatable bonds is 11. The van der Waals surface area contributed by atoms with Gasteiger partial charge in [0.2, 0.25) is 7.75 Å². The number of hydrogen-bond acceptors (Lipinski definition) is 13. The molecule has 4 aliphatic rings. The van der Waals surface area contributed by atoms with E-state index in [1.165, 1.54) is 11.0 Å². The highest BCUT2D eigenvalue weighted by Gasteiger charge is 2.56. The Balaban J connectivity index is 1.16. The molecule has 5 atom stereocenters. The molecule has 0 radical (unpaired) electrons. The van der Waals surface area contributed by atoms with E-state index in [9.17, 15) is 9.46 Å². The van der Waals surface area contributed by atoms with Crippen molar-refractivity contribution < 1.29 is 32.9 Å². The second kappa shape index (κ2) is 10.7. The number of morpholine rings is 1. The first-order valence-corrected chi connectivity index (χ1v) is 14.8. The summed E-state index contributed by atoms with van der Waals surface area (Å²) in [4.78, 5) is 26.1. The van der Waals surface area contributed by atoms with Crippen LogP contribution in [0, 0.1) is 12.3 Å². The molecule has 0 spiro atoms. The van der Waals surface area contributed by atoms with E-state index in [2.05, 4.69) is 36.4 Å². The molecule has 6 heterocycles. The maximum absolute atomic E-state index is 12.8. The summed E-state index contributed by atoms with van der Waals surface area (Å²) in [5, 5.41) is 11.6. The summed E-state index contributed by atoms with van der Waals surface area (Å²) in [6.07, 6.45) is 7.96. The number of imidazole rings is 1. The quantitative estimate of drug-likeness (QED) is 0.303. The monoisotopic (exact) mass is 575 g/mol. The molecule has 6 rings (SSSR count). The Morgan fingerprint density at radius 3 is 2.73 bits per heavy atom. The molecule has 3 saturated heterocycles. The molecule has 2 aromatic rings. The minimum absolute atomic E-state index is 0.221. The van der Waals surface area contributed by atoms with E-state index >= 15 is 0 Å². The fourth-order valence-electron chi connectivity index (χ4n) is 5.28. The molecule has 0 aromatic carbocycles. The molecular weight excluding hydrogens is 543 g/mol. The number of terminal acetylenes is 1. The van der Waals surface area contributed by atoms with Gasteiger partial charge in [0, 0.05) is 38.9 Å². The summed E-state index contributed by atoms with van der Waals surface area (Å²) in [7, 11) is -4.28. The molecule has 16 heteroatoms. The highest BCUT2D eigenvalue weighted by atomic mass is 31.2. The third-order valence-electron chi connectivity index (χ3n) is 7.36. The van der Waals surface area contributed by atoms with Crippen molar-refractivity contribution in [1.82, 2.24) is 24.2 Å². The number of nitrogens with one attached hydrogen (secondary N) is 1. The van der Waals surface area contributed by atoms with Crippen molar-refractivity contribution in [2.24, 2.45) is 10.2 Å². The van der Waals surface area contributed by atoms with Crippen LogP contribution in [0.3, 0.4) is 0 Å². The van der Waals surface area contributed by atoms with Crippen LogP contribution in [0.1, 0.15) is 39.3 Å². The zero-order valence-corrected chi connectivity index (χ0v) is 23.2. The van der Waals surface area contributed by atoms with Crippen LogP contribution in [0.5, 0.6) is 0 Å². The molecule has 0 amide bonds. The third kappa shape index (κ3) is 5.50. The first-order valence-electron chi connectivity index (χ1n) is 13.3. The number of aromatic nitrogens is 4. The van der Waals surface area contributed by atoms with Crippen molar-refractivity contribution in [3.05, 3.63) is 12.7 Å². The van der Waals surface area contributed by atoms with Crippen molar-refractivity contribution >= 4 is 24.7 Å². The van der Waals surface area contributed by atoms with Crippen LogP contribution in [0.4, 0.5) is 5.82 Å². The lowest BCUT2D eigenvalue weighted by Crippen LogP contribution is -2.39. The fraction of sp³-hybridized carbons (Fsp3) is 0.708. The predicted molar refractivity (Wildman–Crippen MR) is 138 cm³/mol. The molecule has 15 nitrogen and oxygen atoms in total. The summed E-state index contributed by atoms with van der Waals surface area (Å²) in [6, 6.07) is 0. The molecule has 0 saturated carbocycles. The van der Waals surface area contributed by atoms with Gasteiger partial charge in [-0.05, 0) is 13.8 Å². The molecule has 3 fully saturated rings. The van der Waals surface area contributed by atoms with Gasteiger partial charge in [-0.1, -0.05) is 0 Å². The molecule has 4 aliphatic heterocycles. The molecule has 216 valence electrons. The van der Waals surface area contributed by atoms with Gasteiger partial charge in [0.15, 0.2) is 34.7 Å². The van der Waals surface area contributed by atoms with Crippen LogP contribution in [0.2, 0.25) is 0 Å². The highest BCUT2D eigenvalue weighted by Crippen LogP contribution is 2.47. The average Bonchev–Trinajstić information content (AvgIpc) is 3.27. The van der Waals surface area contributed by atoms with Crippen molar-refractivity contribution in [2.75, 3.05) is 44.8 Å². The molecule has 1 N–H and O–H groups in total. The van der Waals surface area contributed by atoms with Gasteiger partial charge in [-0.2, -0.15) is 10.2 Å². The Hall–Kier alpha value is -2.54. The van der Waals surface area contributed by atoms with Gasteiger partial charge in [-0.25, -0.2) is 19.6 Å². The van der Waals surface area contributed by atoms with Gasteiger partial charge in [0.25, 0.3) is 0 Å². The smallest absolute Gasteiger partial charge is 0.207 e. The lowest BCUT2D eigenvalue weighted by atomic mass is 10.0. The zero-order chi connectivity index (χ0) is 28.0. The maximum Gasteiger partial charge on any atom is 0.207 e. The van der Waals surface area contributed by atoms with Crippen molar-refractivity contribution in [3.63, 3.8) is 0 Å². The van der Waals surface area contributed by atoms with E-state index < -0.39 is 43.7 Å². The van der Waals surface area contributed by atoms with Crippen LogP contribution in [-0.2, 0) is 28.0 Å². The zero-order valence-electron chi connectivity index (χ0n) is 22.3. The van der Waals surface area contributed by atoms with Gasteiger partial charge in [-0.15, -0.1) is 12.3 Å². The third-order valence-corrected chi connectivity index (χ3v) is 8.93. The summed E-state index contributed by atoms with van der Waals surface area (Å²) in [6.45, 7) is 5.12. The molecule has 40 heavy (non-hydrogen) atoms. The van der Waals surface area contributed by atoms with Crippen molar-refractivity contribution in [2.45, 2.75) is 69.1 Å². The lowest BCUT2D eigenvalue weighted by molar-refractivity contribution is -0.223. The van der Waals surface area contributed by atoms with Gasteiger partial charge < -0.3 is 33.7 Å². The van der Waals surface area contributed by atoms with Gasteiger partial charge in [-0.3, -0.25) is 9.13 Å². The Morgan fingerprint density at radius 1 is 1.20 bits per heavy atom. The summed E-state index contributed by atoms with van der Waals surface area (Å²) in [5.41, 5.74) is 0.679. The second-order valence-corrected chi connectivity index (χ2v) is 12.3. The Morgan fingerprint density at radius 2 is 1.98 bits per heavy atom. The Kier molecular flexibility index (Phi) is 7.39. The average molecular weight is 576 g/mol. The lowest BCUT2D eigenvalue weighted by Gasteiger charge is -2.38. The molecular formula is C24H32N8O7P-. The number of ether oxygens (including phenoxy) is 4. The largest absolute Gasteiger partial charge is 0.766 e. The standard InChI is InChI=1S/C24H33N8O7P/c1-4-5-6-24(29-30-24)7-8-25-20-17-21(27-14-26-20)32(15-28-17)22-19-18(38-23(2,3)39-19)16(37-22)13-36-40(33,34)31-9-11-35-12-10-31/h1,14-16,18-19,22H,5-13H2,2-3H3,(H,33,34)(H,25,26,27)/p-1/t16-,18?,19+,22-/m0/s1. The van der Waals surface area contributed by atoms with Gasteiger partial charge in [0.1, 0.15) is 24.6 Å². The van der Waals surface area contributed by atoms with Gasteiger partial charge >= 0.3 is 0 Å². The van der Waals surface area contributed by atoms with Gasteiger partial charge in [0.05, 0.1) is 26.1 Å². The Bertz CT molecular complexity index is 1350. The molecule has 0 aliphatic carbocycles. The number of fused-ring (bicyclic) bond motifs is 2. The van der Waals surface area contributed by atoms with E-state index in [1.807, 2.05) is 0 Å². The first-order chi connectivity index (χ1) is 19.2. The first kappa shape index (κ1) is 27.6. The van der Waals surface area contributed by atoms with Crippen LogP contribution < -0.4 is 10.2 Å². The van der Waals surface area contributed by atoms with E-state index in [0.29, 0.717) is 49.6 Å². The number of hydrogen-bond donors (Lipinski definition) is 1. The summed E-state index contributed by atoms with van der Waals surface area (Å²) < 4.78 is 45.1.